The Bertz CT molecular complexity index is 465. The molecule has 2 nitrogen and oxygen atoms in total. The Kier molecular flexibility index (Phi) is 2.30. The molecule has 0 saturated heterocycles. The molecule has 0 saturated carbocycles. The number of hydrogen-bond acceptors (Lipinski definition) is 1. The van der Waals surface area contributed by atoms with Gasteiger partial charge in [0.15, 0.2) is 0 Å². The number of rotatable bonds is 0. The fraction of sp³-hybridized carbons (Fsp3) is 0.462. The summed E-state index contributed by atoms with van der Waals surface area (Å²) in [5.41, 5.74) is 1.74. The van der Waals surface area contributed by atoms with Crippen LogP contribution >= 0.6 is 0 Å². The molecule has 3 heteroatoms. The van der Waals surface area contributed by atoms with E-state index in [4.69, 9.17) is 0 Å². The predicted molar refractivity (Wildman–Crippen MR) is 61.0 cm³/mol. The molecule has 0 aromatic heterocycles. The number of carbonyl (C=O) groups is 1. The molecule has 0 bridgehead atoms. The molecule has 0 aliphatic carbocycles. The number of hydrogen-bond donors (Lipinski definition) is 0. The summed E-state index contributed by atoms with van der Waals surface area (Å²) >= 11 is 0. The molecular weight excluding hydrogens is 205 g/mol. The van der Waals surface area contributed by atoms with Crippen molar-refractivity contribution in [2.45, 2.75) is 32.7 Å². The van der Waals surface area contributed by atoms with Crippen molar-refractivity contribution in [3.05, 3.63) is 34.6 Å². The highest BCUT2D eigenvalue weighted by Gasteiger charge is 2.35. The Balaban J connectivity index is 2.60. The first-order valence-electron chi connectivity index (χ1n) is 5.40. The molecule has 1 aliphatic heterocycles. The van der Waals surface area contributed by atoms with E-state index in [0.717, 1.165) is 5.56 Å². The summed E-state index contributed by atoms with van der Waals surface area (Å²) in [6.07, 6.45) is 0.696. The largest absolute Gasteiger partial charge is 0.336 e. The van der Waals surface area contributed by atoms with Gasteiger partial charge in [0, 0.05) is 18.2 Å². The Morgan fingerprint density at radius 1 is 1.38 bits per heavy atom. The molecule has 16 heavy (non-hydrogen) atoms. The molecule has 86 valence electrons. The van der Waals surface area contributed by atoms with Crippen molar-refractivity contribution < 1.29 is 9.18 Å². The Morgan fingerprint density at radius 2 is 2.00 bits per heavy atom. The first kappa shape index (κ1) is 11.1. The van der Waals surface area contributed by atoms with Gasteiger partial charge in [0.05, 0.1) is 0 Å². The topological polar surface area (TPSA) is 20.3 Å². The summed E-state index contributed by atoms with van der Waals surface area (Å²) in [5.74, 6) is -0.249. The van der Waals surface area contributed by atoms with Gasteiger partial charge < -0.3 is 4.90 Å². The lowest BCUT2D eigenvalue weighted by molar-refractivity contribution is 0.0591. The van der Waals surface area contributed by atoms with Crippen LogP contribution in [0.4, 0.5) is 4.39 Å². The van der Waals surface area contributed by atoms with Crippen molar-refractivity contribution in [1.29, 1.82) is 0 Å². The fourth-order valence-electron chi connectivity index (χ4n) is 2.11. The number of benzene rings is 1. The molecular formula is C13H16FNO. The van der Waals surface area contributed by atoms with E-state index in [2.05, 4.69) is 0 Å². The highest BCUT2D eigenvalue weighted by molar-refractivity contribution is 5.97. The van der Waals surface area contributed by atoms with Crippen molar-refractivity contribution in [2.75, 3.05) is 7.05 Å². The van der Waals surface area contributed by atoms with Crippen molar-refractivity contribution in [3.63, 3.8) is 0 Å². The second-order valence-electron chi connectivity index (χ2n) is 5.11. The van der Waals surface area contributed by atoms with Crippen molar-refractivity contribution >= 4 is 5.91 Å². The van der Waals surface area contributed by atoms with E-state index in [9.17, 15) is 9.18 Å². The van der Waals surface area contributed by atoms with E-state index < -0.39 is 0 Å². The van der Waals surface area contributed by atoms with Gasteiger partial charge in [-0.2, -0.15) is 0 Å². The Hall–Kier alpha value is -1.38. The molecule has 0 atom stereocenters. The van der Waals surface area contributed by atoms with Gasteiger partial charge in [-0.05, 0) is 50.5 Å². The number of carbonyl (C=O) groups excluding carboxylic acids is 1. The summed E-state index contributed by atoms with van der Waals surface area (Å²) in [6, 6.07) is 3.15. The van der Waals surface area contributed by atoms with Crippen LogP contribution in [0.1, 0.15) is 35.3 Å². The van der Waals surface area contributed by atoms with Crippen LogP contribution in [0, 0.1) is 12.7 Å². The van der Waals surface area contributed by atoms with E-state index in [1.807, 2.05) is 13.8 Å². The lowest BCUT2D eigenvalue weighted by Crippen LogP contribution is -2.50. The van der Waals surface area contributed by atoms with Crippen molar-refractivity contribution in [1.82, 2.24) is 4.90 Å². The quantitative estimate of drug-likeness (QED) is 0.659. The highest BCUT2D eigenvalue weighted by atomic mass is 19.1. The summed E-state index contributed by atoms with van der Waals surface area (Å²) < 4.78 is 13.5. The maximum Gasteiger partial charge on any atom is 0.254 e. The SMILES string of the molecule is Cc1cc2c(cc1F)CC(C)(C)N(C)C2=O. The molecule has 0 N–H and O–H groups in total. The first-order valence-corrected chi connectivity index (χ1v) is 5.40. The summed E-state index contributed by atoms with van der Waals surface area (Å²) in [4.78, 5) is 13.8. The maximum absolute atomic E-state index is 13.5. The molecule has 1 aliphatic rings. The van der Waals surface area contributed by atoms with E-state index in [0.29, 0.717) is 17.5 Å². The number of aryl methyl sites for hydroxylation is 1. The van der Waals surface area contributed by atoms with E-state index >= 15 is 0 Å². The van der Waals surface area contributed by atoms with E-state index in [1.54, 1.807) is 24.9 Å². The second-order valence-corrected chi connectivity index (χ2v) is 5.11. The van der Waals surface area contributed by atoms with E-state index in [1.165, 1.54) is 6.07 Å². The first-order chi connectivity index (χ1) is 7.33. The summed E-state index contributed by atoms with van der Waals surface area (Å²) in [7, 11) is 1.80. The van der Waals surface area contributed by atoms with Crippen LogP contribution in [0.5, 0.6) is 0 Å². The average molecular weight is 221 g/mol. The highest BCUT2D eigenvalue weighted by Crippen LogP contribution is 2.30. The second kappa shape index (κ2) is 3.30. The van der Waals surface area contributed by atoms with Crippen LogP contribution in [0.25, 0.3) is 0 Å². The third-order valence-electron chi connectivity index (χ3n) is 3.45. The van der Waals surface area contributed by atoms with Crippen LogP contribution in [0.15, 0.2) is 12.1 Å². The van der Waals surface area contributed by atoms with Gasteiger partial charge in [-0.1, -0.05) is 0 Å². The molecule has 0 radical (unpaired) electrons. The number of nitrogens with zero attached hydrogens (tertiary/aromatic N) is 1. The number of halogens is 1. The number of likely N-dealkylation sites (N-methyl/N-ethyl adjacent to an activating group) is 1. The molecule has 0 unspecified atom stereocenters. The Labute approximate surface area is 95.1 Å². The zero-order valence-corrected chi connectivity index (χ0v) is 10.1. The van der Waals surface area contributed by atoms with Crippen LogP contribution < -0.4 is 0 Å². The van der Waals surface area contributed by atoms with Gasteiger partial charge in [0.25, 0.3) is 5.91 Å². The third kappa shape index (κ3) is 1.51. The maximum atomic E-state index is 13.5. The van der Waals surface area contributed by atoms with Crippen LogP contribution in [0.2, 0.25) is 0 Å². The summed E-state index contributed by atoms with van der Waals surface area (Å²) in [6.45, 7) is 5.67. The lowest BCUT2D eigenvalue weighted by Gasteiger charge is -2.40. The molecule has 1 aromatic carbocycles. The van der Waals surface area contributed by atoms with Crippen LogP contribution in [-0.2, 0) is 6.42 Å². The number of amides is 1. The van der Waals surface area contributed by atoms with Gasteiger partial charge in [-0.15, -0.1) is 0 Å². The Morgan fingerprint density at radius 3 is 2.62 bits per heavy atom. The normalized spacial score (nSPS) is 18.6. The average Bonchev–Trinajstić information content (AvgIpc) is 2.18. The van der Waals surface area contributed by atoms with Gasteiger partial charge in [0.1, 0.15) is 5.82 Å². The lowest BCUT2D eigenvalue weighted by atomic mass is 9.85. The minimum atomic E-state index is -0.244. The van der Waals surface area contributed by atoms with Gasteiger partial charge in [-0.3, -0.25) is 4.79 Å². The van der Waals surface area contributed by atoms with Gasteiger partial charge in [0.2, 0.25) is 0 Å². The minimum Gasteiger partial charge on any atom is -0.336 e. The predicted octanol–water partition coefficient (Wildman–Crippen LogP) is 2.54. The molecule has 1 amide bonds. The minimum absolute atomic E-state index is 0.0191. The van der Waals surface area contributed by atoms with Gasteiger partial charge >= 0.3 is 0 Å². The molecule has 1 aromatic rings. The standard InChI is InChI=1S/C13H16FNO/c1-8-5-10-9(6-11(8)14)7-13(2,3)15(4)12(10)16/h5-6H,7H2,1-4H3. The third-order valence-corrected chi connectivity index (χ3v) is 3.45. The van der Waals surface area contributed by atoms with Crippen molar-refractivity contribution in [3.8, 4) is 0 Å². The number of fused-ring (bicyclic) bond motifs is 1. The van der Waals surface area contributed by atoms with Crippen LogP contribution in [-0.4, -0.2) is 23.4 Å². The monoisotopic (exact) mass is 221 g/mol. The zero-order chi connectivity index (χ0) is 12.1. The molecule has 1 heterocycles. The molecule has 2 rings (SSSR count). The summed E-state index contributed by atoms with van der Waals surface area (Å²) in [5, 5.41) is 0. The van der Waals surface area contributed by atoms with Crippen molar-refractivity contribution in [2.24, 2.45) is 0 Å². The van der Waals surface area contributed by atoms with Gasteiger partial charge in [-0.25, -0.2) is 4.39 Å². The van der Waals surface area contributed by atoms with Crippen LogP contribution in [0.3, 0.4) is 0 Å². The van der Waals surface area contributed by atoms with E-state index in [-0.39, 0.29) is 17.3 Å². The zero-order valence-electron chi connectivity index (χ0n) is 10.1. The molecule has 0 fully saturated rings. The molecule has 0 spiro atoms. The smallest absolute Gasteiger partial charge is 0.254 e. The fourth-order valence-corrected chi connectivity index (χ4v) is 2.11.